The lowest BCUT2D eigenvalue weighted by atomic mass is 10.2. The fraction of sp³-hybridized carbons (Fsp3) is 0.182. The molecule has 0 fully saturated rings. The van der Waals surface area contributed by atoms with Gasteiger partial charge in [0.2, 0.25) is 0 Å². The van der Waals surface area contributed by atoms with E-state index in [1.807, 2.05) is 30.3 Å². The van der Waals surface area contributed by atoms with E-state index in [1.54, 1.807) is 11.1 Å². The van der Waals surface area contributed by atoms with Crippen LogP contribution in [-0.2, 0) is 6.54 Å². The lowest BCUT2D eigenvalue weighted by Crippen LogP contribution is -2.37. The van der Waals surface area contributed by atoms with Crippen molar-refractivity contribution in [3.63, 3.8) is 0 Å². The number of halogens is 2. The van der Waals surface area contributed by atoms with Crippen molar-refractivity contribution >= 4 is 28.4 Å². The van der Waals surface area contributed by atoms with Crippen LogP contribution in [0.1, 0.15) is 5.56 Å². The van der Waals surface area contributed by atoms with Gasteiger partial charge in [0, 0.05) is 12.7 Å². The molecule has 1 N–H and O–H groups in total. The molecule has 1 aromatic carbocycles. The minimum absolute atomic E-state index is 0.0865. The summed E-state index contributed by atoms with van der Waals surface area (Å²) in [6, 6.07) is 9.75. The normalized spacial score (nSPS) is 20.4. The van der Waals surface area contributed by atoms with Gasteiger partial charge in [-0.1, -0.05) is 53.5 Å². The second-order valence-corrected chi connectivity index (χ2v) is 4.19. The van der Waals surface area contributed by atoms with Gasteiger partial charge in [-0.05, 0) is 5.56 Å². The number of aliphatic hydroxyl groups excluding tert-OH is 1. The van der Waals surface area contributed by atoms with E-state index in [2.05, 4.69) is 4.99 Å². The number of benzene rings is 1. The molecule has 3 nitrogen and oxygen atoms in total. The summed E-state index contributed by atoms with van der Waals surface area (Å²) < 4.78 is 0. The maximum atomic E-state index is 9.78. The smallest absolute Gasteiger partial charge is 0.181 e. The Morgan fingerprint density at radius 3 is 2.62 bits per heavy atom. The van der Waals surface area contributed by atoms with Crippen LogP contribution < -0.4 is 0 Å². The first kappa shape index (κ1) is 11.5. The lowest BCUT2D eigenvalue weighted by Gasteiger charge is -2.28. The van der Waals surface area contributed by atoms with Crippen molar-refractivity contribution in [2.24, 2.45) is 4.99 Å². The van der Waals surface area contributed by atoms with Gasteiger partial charge in [-0.2, -0.15) is 0 Å². The van der Waals surface area contributed by atoms with E-state index in [1.165, 1.54) is 0 Å². The van der Waals surface area contributed by atoms with Gasteiger partial charge in [0.05, 0.1) is 0 Å². The van der Waals surface area contributed by atoms with Gasteiger partial charge in [-0.15, -0.1) is 0 Å². The van der Waals surface area contributed by atoms with E-state index in [-0.39, 0.29) is 10.3 Å². The first-order chi connectivity index (χ1) is 7.66. The third-order valence-electron chi connectivity index (χ3n) is 2.22. The van der Waals surface area contributed by atoms with E-state index in [9.17, 15) is 5.11 Å². The van der Waals surface area contributed by atoms with Gasteiger partial charge in [-0.3, -0.25) is 0 Å². The molecule has 84 valence electrons. The Bertz CT molecular complexity index is 431. The average Bonchev–Trinajstić information content (AvgIpc) is 2.27. The molecule has 1 aliphatic heterocycles. The highest BCUT2D eigenvalue weighted by Gasteiger charge is 2.22. The van der Waals surface area contributed by atoms with Crippen molar-refractivity contribution in [3.8, 4) is 0 Å². The Morgan fingerprint density at radius 2 is 1.94 bits per heavy atom. The molecular weight excluding hydrogens is 247 g/mol. The minimum atomic E-state index is -0.927. The predicted molar refractivity (Wildman–Crippen MR) is 65.2 cm³/mol. The Morgan fingerprint density at radius 1 is 1.25 bits per heavy atom. The van der Waals surface area contributed by atoms with Crippen LogP contribution in [0.4, 0.5) is 0 Å². The summed E-state index contributed by atoms with van der Waals surface area (Å²) in [5.74, 6) is 0. The first-order valence-electron chi connectivity index (χ1n) is 4.76. The predicted octanol–water partition coefficient (Wildman–Crippen LogP) is 2.50. The standard InChI is InChI=1S/C11H10Cl2N2O/c12-9-7-15(11(16)10(13)14-9)6-8-4-2-1-3-5-8/h1-5,7,11,16H,6H2. The molecule has 16 heavy (non-hydrogen) atoms. The van der Waals surface area contributed by atoms with E-state index >= 15 is 0 Å². The molecule has 1 aliphatic rings. The van der Waals surface area contributed by atoms with Crippen LogP contribution in [0.2, 0.25) is 0 Å². The van der Waals surface area contributed by atoms with Crippen LogP contribution in [0, 0.1) is 0 Å². The number of aliphatic hydroxyl groups is 1. The van der Waals surface area contributed by atoms with Gasteiger partial charge in [0.1, 0.15) is 5.16 Å². The molecule has 0 aliphatic carbocycles. The van der Waals surface area contributed by atoms with Crippen LogP contribution in [0.3, 0.4) is 0 Å². The molecule has 0 amide bonds. The zero-order valence-electron chi connectivity index (χ0n) is 8.35. The maximum Gasteiger partial charge on any atom is 0.181 e. The van der Waals surface area contributed by atoms with Gasteiger partial charge in [-0.25, -0.2) is 4.99 Å². The summed E-state index contributed by atoms with van der Waals surface area (Å²) in [5, 5.41) is 10.1. The zero-order valence-corrected chi connectivity index (χ0v) is 9.86. The van der Waals surface area contributed by atoms with Crippen LogP contribution in [-0.4, -0.2) is 21.4 Å². The molecule has 0 aromatic heterocycles. The third kappa shape index (κ3) is 2.55. The van der Waals surface area contributed by atoms with E-state index in [0.29, 0.717) is 6.54 Å². The summed E-state index contributed by atoms with van der Waals surface area (Å²) >= 11 is 11.5. The van der Waals surface area contributed by atoms with Gasteiger partial charge in [0.15, 0.2) is 11.4 Å². The molecule has 5 heteroatoms. The monoisotopic (exact) mass is 256 g/mol. The fourth-order valence-corrected chi connectivity index (χ4v) is 1.94. The number of hydrogen-bond donors (Lipinski definition) is 1. The quantitative estimate of drug-likeness (QED) is 0.826. The molecule has 2 rings (SSSR count). The van der Waals surface area contributed by atoms with Crippen molar-refractivity contribution in [3.05, 3.63) is 47.3 Å². The summed E-state index contributed by atoms with van der Waals surface area (Å²) in [6.45, 7) is 0.532. The van der Waals surface area contributed by atoms with E-state index < -0.39 is 6.23 Å². The van der Waals surface area contributed by atoms with Crippen molar-refractivity contribution in [1.82, 2.24) is 4.90 Å². The van der Waals surface area contributed by atoms with Gasteiger partial charge >= 0.3 is 0 Å². The lowest BCUT2D eigenvalue weighted by molar-refractivity contribution is 0.0905. The second kappa shape index (κ2) is 4.87. The molecular formula is C11H10Cl2N2O. The maximum absolute atomic E-state index is 9.78. The van der Waals surface area contributed by atoms with Gasteiger partial charge < -0.3 is 10.0 Å². The minimum Gasteiger partial charge on any atom is -0.367 e. The fourth-order valence-electron chi connectivity index (χ4n) is 1.46. The molecule has 0 bridgehead atoms. The average molecular weight is 257 g/mol. The third-order valence-corrected chi connectivity index (χ3v) is 2.68. The van der Waals surface area contributed by atoms with Crippen molar-refractivity contribution in [2.75, 3.05) is 0 Å². The molecule has 0 spiro atoms. The Hall–Kier alpha value is -1.03. The second-order valence-electron chi connectivity index (χ2n) is 3.42. The highest BCUT2D eigenvalue weighted by Crippen LogP contribution is 2.19. The highest BCUT2D eigenvalue weighted by molar-refractivity contribution is 6.67. The molecule has 1 aromatic rings. The van der Waals surface area contributed by atoms with E-state index in [4.69, 9.17) is 23.2 Å². The summed E-state index contributed by atoms with van der Waals surface area (Å²) in [4.78, 5) is 5.40. The molecule has 0 saturated carbocycles. The van der Waals surface area contributed by atoms with Crippen LogP contribution in [0.15, 0.2) is 46.7 Å². The highest BCUT2D eigenvalue weighted by atomic mass is 35.5. The largest absolute Gasteiger partial charge is 0.367 e. The Labute approximate surface area is 104 Å². The van der Waals surface area contributed by atoms with Crippen molar-refractivity contribution < 1.29 is 5.11 Å². The number of aliphatic imine (C=N–C) groups is 1. The molecule has 1 unspecified atom stereocenters. The SMILES string of the molecule is OC1C(Cl)=NC(Cl)=CN1Cc1ccccc1. The topological polar surface area (TPSA) is 35.8 Å². The Kier molecular flexibility index (Phi) is 3.49. The summed E-state index contributed by atoms with van der Waals surface area (Å²) in [6.07, 6.45) is 0.648. The molecule has 0 saturated heterocycles. The van der Waals surface area contributed by atoms with Crippen molar-refractivity contribution in [1.29, 1.82) is 0 Å². The molecule has 1 atom stereocenters. The van der Waals surface area contributed by atoms with Crippen LogP contribution in [0.5, 0.6) is 0 Å². The summed E-state index contributed by atoms with van der Waals surface area (Å²) in [5.41, 5.74) is 1.06. The first-order valence-corrected chi connectivity index (χ1v) is 5.51. The van der Waals surface area contributed by atoms with E-state index in [0.717, 1.165) is 5.56 Å². The number of rotatable bonds is 2. The number of hydrogen-bond acceptors (Lipinski definition) is 3. The summed E-state index contributed by atoms with van der Waals surface area (Å²) in [7, 11) is 0. The van der Waals surface area contributed by atoms with Crippen LogP contribution >= 0.6 is 23.2 Å². The Balaban J connectivity index is 2.14. The molecule has 1 heterocycles. The van der Waals surface area contributed by atoms with Crippen molar-refractivity contribution in [2.45, 2.75) is 12.8 Å². The number of nitrogens with zero attached hydrogens (tertiary/aromatic N) is 2. The zero-order chi connectivity index (χ0) is 11.5. The molecule has 0 radical (unpaired) electrons. The van der Waals surface area contributed by atoms with Crippen LogP contribution in [0.25, 0.3) is 0 Å². The van der Waals surface area contributed by atoms with Gasteiger partial charge in [0.25, 0.3) is 0 Å².